The van der Waals surface area contributed by atoms with Crippen molar-refractivity contribution in [3.05, 3.63) is 11.5 Å². The van der Waals surface area contributed by atoms with Crippen molar-refractivity contribution in [2.24, 2.45) is 0 Å². The lowest BCUT2D eigenvalue weighted by atomic mass is 10.5. The minimum absolute atomic E-state index is 0.946. The molecular formula is C8H12S. The summed E-state index contributed by atoms with van der Waals surface area (Å²) in [5, 5.41) is 2.03. The maximum absolute atomic E-state index is 2.96. The molecule has 0 saturated carbocycles. The molecule has 9 heavy (non-hydrogen) atoms. The molecule has 0 N–H and O–H groups in total. The highest BCUT2D eigenvalue weighted by Crippen LogP contribution is 1.98. The van der Waals surface area contributed by atoms with E-state index in [0.717, 1.165) is 12.2 Å². The monoisotopic (exact) mass is 140 g/mol. The third kappa shape index (κ3) is 7.65. The standard InChI is InChI=1S/C8H12S/c1-3-5-6-7-8-9-4-2/h7-8H,3-4H2,1-2H3. The molecule has 0 fully saturated rings. The van der Waals surface area contributed by atoms with Crippen LogP contribution in [0, 0.1) is 11.8 Å². The van der Waals surface area contributed by atoms with Crippen LogP contribution >= 0.6 is 11.8 Å². The summed E-state index contributed by atoms with van der Waals surface area (Å²) in [6, 6.07) is 0. The number of rotatable bonds is 2. The first-order valence-electron chi connectivity index (χ1n) is 3.16. The molecule has 0 heterocycles. The first kappa shape index (κ1) is 8.65. The van der Waals surface area contributed by atoms with E-state index in [1.807, 2.05) is 18.4 Å². The normalized spacial score (nSPS) is 9.11. The largest absolute Gasteiger partial charge is 0.134 e. The number of hydrogen-bond donors (Lipinski definition) is 0. The summed E-state index contributed by atoms with van der Waals surface area (Å²) < 4.78 is 0. The lowest BCUT2D eigenvalue weighted by molar-refractivity contribution is 1.28. The van der Waals surface area contributed by atoms with Crippen LogP contribution in [0.1, 0.15) is 20.3 Å². The van der Waals surface area contributed by atoms with Gasteiger partial charge in [-0.05, 0) is 17.2 Å². The fourth-order valence-electron chi connectivity index (χ4n) is 0.339. The lowest BCUT2D eigenvalue weighted by Crippen LogP contribution is -1.56. The first-order chi connectivity index (χ1) is 4.41. The Bertz CT molecular complexity index is 125. The van der Waals surface area contributed by atoms with E-state index in [0.29, 0.717) is 0 Å². The molecule has 0 atom stereocenters. The van der Waals surface area contributed by atoms with E-state index in [2.05, 4.69) is 18.8 Å². The fourth-order valence-corrected chi connectivity index (χ4v) is 0.696. The van der Waals surface area contributed by atoms with E-state index < -0.39 is 0 Å². The van der Waals surface area contributed by atoms with Crippen molar-refractivity contribution in [2.45, 2.75) is 20.3 Å². The van der Waals surface area contributed by atoms with Crippen LogP contribution in [0.15, 0.2) is 11.5 Å². The predicted octanol–water partition coefficient (Wildman–Crippen LogP) is 2.67. The van der Waals surface area contributed by atoms with Gasteiger partial charge in [-0.3, -0.25) is 0 Å². The topological polar surface area (TPSA) is 0 Å². The minimum Gasteiger partial charge on any atom is -0.134 e. The van der Waals surface area contributed by atoms with Crippen LogP contribution in [0.25, 0.3) is 0 Å². The zero-order chi connectivity index (χ0) is 6.95. The molecule has 0 aromatic carbocycles. The van der Waals surface area contributed by atoms with Gasteiger partial charge in [-0.15, -0.1) is 11.8 Å². The molecule has 0 spiro atoms. The number of hydrogen-bond acceptors (Lipinski definition) is 1. The fraction of sp³-hybridized carbons (Fsp3) is 0.500. The number of allylic oxidation sites excluding steroid dienone is 1. The zero-order valence-electron chi connectivity index (χ0n) is 5.98. The van der Waals surface area contributed by atoms with Crippen LogP contribution < -0.4 is 0 Å². The van der Waals surface area contributed by atoms with Gasteiger partial charge in [-0.25, -0.2) is 0 Å². The summed E-state index contributed by atoms with van der Waals surface area (Å²) in [7, 11) is 0. The molecule has 0 radical (unpaired) electrons. The van der Waals surface area contributed by atoms with Gasteiger partial charge in [0.2, 0.25) is 0 Å². The maximum atomic E-state index is 2.96. The van der Waals surface area contributed by atoms with Gasteiger partial charge in [-0.2, -0.15) is 0 Å². The van der Waals surface area contributed by atoms with E-state index in [4.69, 9.17) is 0 Å². The summed E-state index contributed by atoms with van der Waals surface area (Å²) in [5.74, 6) is 7.00. The van der Waals surface area contributed by atoms with Crippen molar-refractivity contribution in [1.82, 2.24) is 0 Å². The van der Waals surface area contributed by atoms with Crippen LogP contribution in [0.5, 0.6) is 0 Å². The highest BCUT2D eigenvalue weighted by Gasteiger charge is 1.67. The second-order valence-electron chi connectivity index (χ2n) is 1.43. The molecule has 0 aliphatic heterocycles. The Morgan fingerprint density at radius 1 is 1.44 bits per heavy atom. The molecule has 0 unspecified atom stereocenters. The SMILES string of the molecule is CCC#CC=CSCC. The molecule has 0 rings (SSSR count). The van der Waals surface area contributed by atoms with Gasteiger partial charge in [-0.1, -0.05) is 25.7 Å². The molecule has 0 aliphatic carbocycles. The molecule has 0 amide bonds. The van der Waals surface area contributed by atoms with Gasteiger partial charge in [0.15, 0.2) is 0 Å². The van der Waals surface area contributed by atoms with Crippen molar-refractivity contribution in [3.63, 3.8) is 0 Å². The van der Waals surface area contributed by atoms with Crippen molar-refractivity contribution in [2.75, 3.05) is 5.75 Å². The Kier molecular flexibility index (Phi) is 7.35. The second kappa shape index (κ2) is 7.65. The lowest BCUT2D eigenvalue weighted by Gasteiger charge is -1.77. The predicted molar refractivity (Wildman–Crippen MR) is 45.3 cm³/mol. The van der Waals surface area contributed by atoms with E-state index in [9.17, 15) is 0 Å². The average Bonchev–Trinajstić information content (AvgIpc) is 1.89. The van der Waals surface area contributed by atoms with Gasteiger partial charge < -0.3 is 0 Å². The van der Waals surface area contributed by atoms with Gasteiger partial charge >= 0.3 is 0 Å². The number of thioether (sulfide) groups is 1. The minimum atomic E-state index is 0.946. The van der Waals surface area contributed by atoms with Crippen LogP contribution in [0.3, 0.4) is 0 Å². The molecule has 0 saturated heterocycles. The van der Waals surface area contributed by atoms with Gasteiger partial charge in [0.05, 0.1) is 0 Å². The Hall–Kier alpha value is -0.350. The Morgan fingerprint density at radius 2 is 2.22 bits per heavy atom. The summed E-state index contributed by atoms with van der Waals surface area (Å²) in [6.07, 6.45) is 2.85. The van der Waals surface area contributed by atoms with E-state index in [-0.39, 0.29) is 0 Å². The molecule has 0 aromatic rings. The van der Waals surface area contributed by atoms with E-state index in [1.54, 1.807) is 11.8 Å². The quantitative estimate of drug-likeness (QED) is 0.531. The summed E-state index contributed by atoms with van der Waals surface area (Å²) in [5.41, 5.74) is 0. The van der Waals surface area contributed by atoms with E-state index >= 15 is 0 Å². The molecule has 0 aliphatic rings. The first-order valence-corrected chi connectivity index (χ1v) is 4.21. The highest BCUT2D eigenvalue weighted by atomic mass is 32.2. The third-order valence-electron chi connectivity index (χ3n) is 0.693. The smallest absolute Gasteiger partial charge is 0.00637 e. The van der Waals surface area contributed by atoms with Crippen LogP contribution in [-0.2, 0) is 0 Å². The molecule has 0 aromatic heterocycles. The summed E-state index contributed by atoms with van der Waals surface area (Å²) in [6.45, 7) is 4.18. The van der Waals surface area contributed by atoms with Crippen LogP contribution in [0.4, 0.5) is 0 Å². The highest BCUT2D eigenvalue weighted by molar-refractivity contribution is 8.02. The average molecular weight is 140 g/mol. The van der Waals surface area contributed by atoms with Crippen LogP contribution in [-0.4, -0.2) is 5.75 Å². The van der Waals surface area contributed by atoms with Crippen molar-refractivity contribution < 1.29 is 0 Å². The summed E-state index contributed by atoms with van der Waals surface area (Å²) >= 11 is 1.78. The van der Waals surface area contributed by atoms with E-state index in [1.165, 1.54) is 0 Å². The molecule has 50 valence electrons. The zero-order valence-corrected chi connectivity index (χ0v) is 6.79. The van der Waals surface area contributed by atoms with Gasteiger partial charge in [0.1, 0.15) is 0 Å². The molecule has 0 bridgehead atoms. The van der Waals surface area contributed by atoms with Gasteiger partial charge in [0.25, 0.3) is 0 Å². The Balaban J connectivity index is 3.23. The molecule has 1 heteroatoms. The van der Waals surface area contributed by atoms with Crippen molar-refractivity contribution in [1.29, 1.82) is 0 Å². The Morgan fingerprint density at radius 3 is 2.78 bits per heavy atom. The van der Waals surface area contributed by atoms with Crippen molar-refractivity contribution in [3.8, 4) is 11.8 Å². The summed E-state index contributed by atoms with van der Waals surface area (Å²) in [4.78, 5) is 0. The molecule has 0 nitrogen and oxygen atoms in total. The Labute approximate surface area is 61.7 Å². The van der Waals surface area contributed by atoms with Gasteiger partial charge in [0, 0.05) is 6.42 Å². The third-order valence-corrected chi connectivity index (χ3v) is 1.35. The maximum Gasteiger partial charge on any atom is 0.00637 e. The molecular weight excluding hydrogens is 128 g/mol. The van der Waals surface area contributed by atoms with Crippen LogP contribution in [0.2, 0.25) is 0 Å². The van der Waals surface area contributed by atoms with Crippen molar-refractivity contribution >= 4 is 11.8 Å². The second-order valence-corrected chi connectivity index (χ2v) is 2.62.